The predicted molar refractivity (Wildman–Crippen MR) is 82.2 cm³/mol. The number of likely N-dealkylation sites (tertiary alicyclic amines) is 1. The van der Waals surface area contributed by atoms with E-state index in [-0.39, 0.29) is 6.61 Å². The first-order chi connectivity index (χ1) is 9.65. The zero-order valence-electron chi connectivity index (χ0n) is 13.0. The maximum atomic E-state index is 9.15. The second-order valence-corrected chi connectivity index (χ2v) is 5.77. The van der Waals surface area contributed by atoms with Crippen LogP contribution in [0, 0.1) is 13.8 Å². The smallest absolute Gasteiger partial charge is 0.127 e. The highest BCUT2D eigenvalue weighted by Gasteiger charge is 2.21. The highest BCUT2D eigenvalue weighted by molar-refractivity contribution is 5.47. The van der Waals surface area contributed by atoms with Crippen molar-refractivity contribution in [1.82, 2.24) is 14.7 Å². The van der Waals surface area contributed by atoms with Gasteiger partial charge in [0.2, 0.25) is 0 Å². The number of nitrogens with one attached hydrogen (secondary N) is 1. The Morgan fingerprint density at radius 2 is 1.95 bits per heavy atom. The summed E-state index contributed by atoms with van der Waals surface area (Å²) in [6, 6.07) is 0.523. The fourth-order valence-corrected chi connectivity index (χ4v) is 2.92. The van der Waals surface area contributed by atoms with Crippen LogP contribution in [0.5, 0.6) is 0 Å². The van der Waals surface area contributed by atoms with Crippen LogP contribution in [0.1, 0.15) is 37.4 Å². The van der Waals surface area contributed by atoms with Crippen LogP contribution in [0.25, 0.3) is 0 Å². The number of aryl methyl sites for hydroxylation is 1. The van der Waals surface area contributed by atoms with Crippen molar-refractivity contribution < 1.29 is 5.11 Å². The number of aliphatic hydroxyl groups is 1. The van der Waals surface area contributed by atoms with Crippen LogP contribution in [-0.4, -0.2) is 52.1 Å². The van der Waals surface area contributed by atoms with Gasteiger partial charge in [0.25, 0.3) is 0 Å². The number of hydrogen-bond donors (Lipinski definition) is 2. The molecular weight excluding hydrogens is 252 g/mol. The van der Waals surface area contributed by atoms with Gasteiger partial charge >= 0.3 is 0 Å². The van der Waals surface area contributed by atoms with E-state index in [4.69, 9.17) is 5.11 Å². The Balaban J connectivity index is 1.97. The van der Waals surface area contributed by atoms with Crippen molar-refractivity contribution >= 4 is 5.82 Å². The lowest BCUT2D eigenvalue weighted by molar-refractivity contribution is 0.219. The van der Waals surface area contributed by atoms with E-state index < -0.39 is 0 Å². The summed E-state index contributed by atoms with van der Waals surface area (Å²) in [7, 11) is 0. The van der Waals surface area contributed by atoms with Gasteiger partial charge in [-0.2, -0.15) is 5.10 Å². The fourth-order valence-electron chi connectivity index (χ4n) is 2.92. The minimum Gasteiger partial charge on any atom is -0.394 e. The van der Waals surface area contributed by atoms with Crippen LogP contribution in [0.2, 0.25) is 0 Å². The third-order valence-electron chi connectivity index (χ3n) is 4.21. The van der Waals surface area contributed by atoms with Gasteiger partial charge in [-0.1, -0.05) is 6.92 Å². The maximum absolute atomic E-state index is 9.15. The van der Waals surface area contributed by atoms with E-state index in [2.05, 4.69) is 29.2 Å². The molecule has 0 saturated carbocycles. The molecule has 1 aromatic rings. The molecule has 2 N–H and O–H groups in total. The van der Waals surface area contributed by atoms with Crippen LogP contribution in [-0.2, 0) is 6.54 Å². The van der Waals surface area contributed by atoms with Gasteiger partial charge in [0, 0.05) is 24.7 Å². The molecule has 0 aromatic carbocycles. The zero-order chi connectivity index (χ0) is 14.5. The molecule has 5 nitrogen and oxygen atoms in total. The minimum atomic E-state index is 0.129. The monoisotopic (exact) mass is 280 g/mol. The molecule has 0 unspecified atom stereocenters. The molecule has 2 heterocycles. The minimum absolute atomic E-state index is 0.129. The van der Waals surface area contributed by atoms with Gasteiger partial charge in [0.05, 0.1) is 18.8 Å². The van der Waals surface area contributed by atoms with Gasteiger partial charge in [0.15, 0.2) is 0 Å². The number of nitrogens with zero attached hydrogens (tertiary/aromatic N) is 3. The van der Waals surface area contributed by atoms with E-state index in [0.717, 1.165) is 11.5 Å². The Kier molecular flexibility index (Phi) is 5.43. The van der Waals surface area contributed by atoms with Gasteiger partial charge in [-0.25, -0.2) is 4.68 Å². The number of rotatable bonds is 6. The molecule has 1 aliphatic rings. The van der Waals surface area contributed by atoms with E-state index in [9.17, 15) is 0 Å². The molecule has 5 heteroatoms. The average molecular weight is 280 g/mol. The Morgan fingerprint density at radius 1 is 1.25 bits per heavy atom. The zero-order valence-corrected chi connectivity index (χ0v) is 13.0. The summed E-state index contributed by atoms with van der Waals surface area (Å²) in [5, 5.41) is 17.3. The van der Waals surface area contributed by atoms with Crippen LogP contribution >= 0.6 is 0 Å². The first kappa shape index (κ1) is 15.3. The maximum Gasteiger partial charge on any atom is 0.127 e. The van der Waals surface area contributed by atoms with Gasteiger partial charge in [0.1, 0.15) is 5.82 Å². The highest BCUT2D eigenvalue weighted by atomic mass is 16.3. The Hall–Kier alpha value is -1.07. The third-order valence-corrected chi connectivity index (χ3v) is 4.21. The van der Waals surface area contributed by atoms with E-state index in [0.29, 0.717) is 12.6 Å². The summed E-state index contributed by atoms with van der Waals surface area (Å²) >= 11 is 0. The number of hydrogen-bond acceptors (Lipinski definition) is 4. The highest BCUT2D eigenvalue weighted by Crippen LogP contribution is 2.22. The molecule has 1 fully saturated rings. The van der Waals surface area contributed by atoms with E-state index in [1.54, 1.807) is 0 Å². The van der Waals surface area contributed by atoms with E-state index in [1.807, 2.05) is 11.6 Å². The first-order valence-electron chi connectivity index (χ1n) is 7.79. The molecule has 20 heavy (non-hydrogen) atoms. The Morgan fingerprint density at radius 3 is 2.55 bits per heavy atom. The third kappa shape index (κ3) is 3.52. The number of aliphatic hydroxyl groups excluding tert-OH is 1. The van der Waals surface area contributed by atoms with Crippen molar-refractivity contribution in [1.29, 1.82) is 0 Å². The molecule has 0 amide bonds. The number of anilines is 1. The normalized spacial score (nSPS) is 17.6. The molecule has 114 valence electrons. The number of piperidine rings is 1. The predicted octanol–water partition coefficient (Wildman–Crippen LogP) is 1.78. The topological polar surface area (TPSA) is 53.3 Å². The molecule has 2 rings (SSSR count). The summed E-state index contributed by atoms with van der Waals surface area (Å²) in [5.41, 5.74) is 2.25. The van der Waals surface area contributed by atoms with Gasteiger partial charge in [-0.3, -0.25) is 0 Å². The van der Waals surface area contributed by atoms with Crippen molar-refractivity contribution in [3.05, 3.63) is 11.3 Å². The second-order valence-electron chi connectivity index (χ2n) is 5.77. The molecule has 1 aromatic heterocycles. The van der Waals surface area contributed by atoms with Crippen LogP contribution in [0.3, 0.4) is 0 Å². The fraction of sp³-hybridized carbons (Fsp3) is 0.800. The van der Waals surface area contributed by atoms with Crippen molar-refractivity contribution in [2.24, 2.45) is 0 Å². The second kappa shape index (κ2) is 7.09. The van der Waals surface area contributed by atoms with Crippen molar-refractivity contribution in [3.63, 3.8) is 0 Å². The quantitative estimate of drug-likeness (QED) is 0.834. The standard InChI is InChI=1S/C15H28N4O/c1-4-7-18-8-5-14(6-9-18)16-15-12(2)13(3)17-19(15)10-11-20/h14,16,20H,4-11H2,1-3H3. The summed E-state index contributed by atoms with van der Waals surface area (Å²) in [6.45, 7) is 10.6. The van der Waals surface area contributed by atoms with Crippen LogP contribution in [0.15, 0.2) is 0 Å². The average Bonchev–Trinajstić information content (AvgIpc) is 2.70. The first-order valence-corrected chi connectivity index (χ1v) is 7.79. The lowest BCUT2D eigenvalue weighted by Gasteiger charge is -2.32. The van der Waals surface area contributed by atoms with Crippen LogP contribution < -0.4 is 5.32 Å². The lowest BCUT2D eigenvalue weighted by Crippen LogP contribution is -2.39. The van der Waals surface area contributed by atoms with Gasteiger partial charge < -0.3 is 15.3 Å². The molecule has 1 saturated heterocycles. The van der Waals surface area contributed by atoms with E-state index >= 15 is 0 Å². The summed E-state index contributed by atoms with van der Waals surface area (Å²) in [4.78, 5) is 2.54. The van der Waals surface area contributed by atoms with Crippen molar-refractivity contribution in [3.8, 4) is 0 Å². The molecule has 0 bridgehead atoms. The lowest BCUT2D eigenvalue weighted by atomic mass is 10.0. The molecule has 0 aliphatic carbocycles. The van der Waals surface area contributed by atoms with Gasteiger partial charge in [-0.15, -0.1) is 0 Å². The Labute approximate surface area is 122 Å². The SMILES string of the molecule is CCCN1CCC(Nc2c(C)c(C)nn2CCO)CC1. The number of aromatic nitrogens is 2. The van der Waals surface area contributed by atoms with Crippen LogP contribution in [0.4, 0.5) is 5.82 Å². The summed E-state index contributed by atoms with van der Waals surface area (Å²) < 4.78 is 1.91. The molecule has 1 aliphatic heterocycles. The van der Waals surface area contributed by atoms with Crippen molar-refractivity contribution in [2.45, 2.75) is 52.6 Å². The molecule has 0 spiro atoms. The largest absolute Gasteiger partial charge is 0.394 e. The molecule has 0 atom stereocenters. The van der Waals surface area contributed by atoms with E-state index in [1.165, 1.54) is 44.5 Å². The van der Waals surface area contributed by atoms with Gasteiger partial charge in [-0.05, 0) is 39.7 Å². The van der Waals surface area contributed by atoms with Crippen molar-refractivity contribution in [2.75, 3.05) is 31.6 Å². The summed E-state index contributed by atoms with van der Waals surface area (Å²) in [5.74, 6) is 1.09. The molecular formula is C15H28N4O. The molecule has 0 radical (unpaired) electrons. The Bertz CT molecular complexity index is 422. The summed E-state index contributed by atoms with van der Waals surface area (Å²) in [6.07, 6.45) is 3.60.